The number of anilines is 2. The first-order chi connectivity index (χ1) is 8.16. The Balaban J connectivity index is 2.16. The summed E-state index contributed by atoms with van der Waals surface area (Å²) in [6, 6.07) is 12.0. The molecule has 1 aromatic carbocycles. The van der Waals surface area contributed by atoms with Gasteiger partial charge in [-0.2, -0.15) is 0 Å². The van der Waals surface area contributed by atoms with Crippen molar-refractivity contribution in [2.24, 2.45) is 0 Å². The number of nitrogens with zero attached hydrogens (tertiary/aromatic N) is 1. The van der Waals surface area contributed by atoms with E-state index in [1.54, 1.807) is 0 Å². The molecule has 1 atom stereocenters. The predicted molar refractivity (Wildman–Crippen MR) is 79.8 cm³/mol. The first-order valence-corrected chi connectivity index (χ1v) is 6.47. The average molecular weight is 339 g/mol. The molecule has 88 valence electrons. The van der Waals surface area contributed by atoms with Gasteiger partial charge >= 0.3 is 0 Å². The molecule has 17 heavy (non-hydrogen) atoms. The zero-order chi connectivity index (χ0) is 12.3. The maximum absolute atomic E-state index is 5.72. The lowest BCUT2D eigenvalue weighted by Gasteiger charge is -2.16. The highest BCUT2D eigenvalue weighted by atomic mass is 127. The second-order valence-electron chi connectivity index (χ2n) is 3.86. The molecule has 0 aliphatic carbocycles. The molecule has 0 radical (unpaired) electrons. The van der Waals surface area contributed by atoms with Crippen molar-refractivity contribution in [1.82, 2.24) is 4.98 Å². The van der Waals surface area contributed by atoms with Crippen LogP contribution < -0.4 is 11.1 Å². The lowest BCUT2D eigenvalue weighted by atomic mass is 10.2. The normalized spacial score (nSPS) is 12.1. The molecule has 4 heteroatoms. The van der Waals surface area contributed by atoms with E-state index in [2.05, 4.69) is 39.8 Å². The van der Waals surface area contributed by atoms with E-state index in [1.807, 2.05) is 42.6 Å². The van der Waals surface area contributed by atoms with Gasteiger partial charge in [0.2, 0.25) is 0 Å². The van der Waals surface area contributed by atoms with E-state index in [0.29, 0.717) is 0 Å². The van der Waals surface area contributed by atoms with Gasteiger partial charge in [0.15, 0.2) is 0 Å². The quantitative estimate of drug-likeness (QED) is 0.665. The Morgan fingerprint density at radius 2 is 2.12 bits per heavy atom. The molecule has 0 amide bonds. The first kappa shape index (κ1) is 12.2. The Bertz CT molecular complexity index is 499. The molecule has 1 unspecified atom stereocenters. The largest absolute Gasteiger partial charge is 0.399 e. The molecule has 3 nitrogen and oxygen atoms in total. The summed E-state index contributed by atoms with van der Waals surface area (Å²) in [4.78, 5) is 4.33. The highest BCUT2D eigenvalue weighted by Gasteiger charge is 2.08. The van der Waals surface area contributed by atoms with Gasteiger partial charge in [-0.05, 0) is 59.8 Å². The summed E-state index contributed by atoms with van der Waals surface area (Å²) in [6.45, 7) is 2.09. The van der Waals surface area contributed by atoms with E-state index < -0.39 is 0 Å². The highest BCUT2D eigenvalue weighted by Crippen LogP contribution is 2.24. The summed E-state index contributed by atoms with van der Waals surface area (Å²) in [6.07, 6.45) is 1.81. The van der Waals surface area contributed by atoms with Gasteiger partial charge in [0.25, 0.3) is 0 Å². The molecule has 0 bridgehead atoms. The molecular weight excluding hydrogens is 325 g/mol. The Morgan fingerprint density at radius 1 is 1.29 bits per heavy atom. The zero-order valence-corrected chi connectivity index (χ0v) is 11.7. The van der Waals surface area contributed by atoms with E-state index in [9.17, 15) is 0 Å². The number of rotatable bonds is 3. The fraction of sp³-hybridized carbons (Fsp3) is 0.154. The van der Waals surface area contributed by atoms with Crippen molar-refractivity contribution in [3.8, 4) is 0 Å². The van der Waals surface area contributed by atoms with Crippen LogP contribution in [0.3, 0.4) is 0 Å². The monoisotopic (exact) mass is 339 g/mol. The predicted octanol–water partition coefficient (Wildman–Crippen LogP) is 3.44. The lowest BCUT2D eigenvalue weighted by Crippen LogP contribution is -2.09. The van der Waals surface area contributed by atoms with Crippen LogP contribution in [-0.4, -0.2) is 4.98 Å². The number of aromatic nitrogens is 1. The van der Waals surface area contributed by atoms with Gasteiger partial charge in [-0.1, -0.05) is 6.07 Å². The van der Waals surface area contributed by atoms with Crippen molar-refractivity contribution in [2.75, 3.05) is 11.1 Å². The third-order valence-corrected chi connectivity index (χ3v) is 3.39. The SMILES string of the molecule is CC(Nc1ccc(N)cc1I)c1ccccn1. The third kappa shape index (κ3) is 3.09. The van der Waals surface area contributed by atoms with E-state index in [1.165, 1.54) is 0 Å². The minimum Gasteiger partial charge on any atom is -0.399 e. The molecule has 2 rings (SSSR count). The molecule has 3 N–H and O–H groups in total. The maximum Gasteiger partial charge on any atom is 0.0657 e. The molecule has 0 aliphatic heterocycles. The molecular formula is C13H14IN3. The van der Waals surface area contributed by atoms with Crippen LogP contribution in [0.4, 0.5) is 11.4 Å². The van der Waals surface area contributed by atoms with Gasteiger partial charge in [-0.25, -0.2) is 0 Å². The fourth-order valence-corrected chi connectivity index (χ4v) is 2.28. The van der Waals surface area contributed by atoms with Crippen LogP contribution >= 0.6 is 22.6 Å². The summed E-state index contributed by atoms with van der Waals surface area (Å²) < 4.78 is 1.12. The van der Waals surface area contributed by atoms with Crippen molar-refractivity contribution in [1.29, 1.82) is 0 Å². The van der Waals surface area contributed by atoms with E-state index >= 15 is 0 Å². The van der Waals surface area contributed by atoms with Gasteiger partial charge in [0.1, 0.15) is 0 Å². The van der Waals surface area contributed by atoms with Gasteiger partial charge in [-0.15, -0.1) is 0 Å². The van der Waals surface area contributed by atoms with Gasteiger partial charge in [0.05, 0.1) is 11.7 Å². The highest BCUT2D eigenvalue weighted by molar-refractivity contribution is 14.1. The summed E-state index contributed by atoms with van der Waals surface area (Å²) >= 11 is 2.28. The molecule has 0 saturated carbocycles. The first-order valence-electron chi connectivity index (χ1n) is 5.39. The average Bonchev–Trinajstić information content (AvgIpc) is 2.34. The van der Waals surface area contributed by atoms with E-state index in [0.717, 1.165) is 20.6 Å². The third-order valence-electron chi connectivity index (χ3n) is 2.50. The Kier molecular flexibility index (Phi) is 3.83. The topological polar surface area (TPSA) is 50.9 Å². The van der Waals surface area contributed by atoms with Crippen molar-refractivity contribution in [3.05, 3.63) is 51.9 Å². The minimum absolute atomic E-state index is 0.174. The van der Waals surface area contributed by atoms with Crippen LogP contribution in [0.15, 0.2) is 42.6 Å². The van der Waals surface area contributed by atoms with E-state index in [4.69, 9.17) is 5.73 Å². The van der Waals surface area contributed by atoms with Crippen LogP contribution in [0.1, 0.15) is 18.7 Å². The number of hydrogen-bond acceptors (Lipinski definition) is 3. The molecule has 0 spiro atoms. The fourth-order valence-electron chi connectivity index (χ4n) is 1.59. The van der Waals surface area contributed by atoms with Crippen molar-refractivity contribution in [2.45, 2.75) is 13.0 Å². The van der Waals surface area contributed by atoms with Crippen molar-refractivity contribution < 1.29 is 0 Å². The van der Waals surface area contributed by atoms with Crippen LogP contribution in [-0.2, 0) is 0 Å². The van der Waals surface area contributed by atoms with Gasteiger partial charge in [0, 0.05) is 21.1 Å². The summed E-state index contributed by atoms with van der Waals surface area (Å²) in [5, 5.41) is 3.43. The minimum atomic E-state index is 0.174. The molecule has 0 saturated heterocycles. The second kappa shape index (κ2) is 5.35. The Hall–Kier alpha value is -1.30. The second-order valence-corrected chi connectivity index (χ2v) is 5.02. The number of benzene rings is 1. The Labute approximate surface area is 115 Å². The van der Waals surface area contributed by atoms with Crippen molar-refractivity contribution >= 4 is 34.0 Å². The number of pyridine rings is 1. The number of nitrogen functional groups attached to an aromatic ring is 1. The molecule has 1 aromatic heterocycles. The van der Waals surface area contributed by atoms with Crippen LogP contribution in [0.25, 0.3) is 0 Å². The van der Waals surface area contributed by atoms with Crippen molar-refractivity contribution in [3.63, 3.8) is 0 Å². The molecule has 2 aromatic rings. The molecule has 0 aliphatic rings. The Morgan fingerprint density at radius 3 is 2.76 bits per heavy atom. The molecule has 1 heterocycles. The van der Waals surface area contributed by atoms with Crippen LogP contribution in [0.5, 0.6) is 0 Å². The number of hydrogen-bond donors (Lipinski definition) is 2. The lowest BCUT2D eigenvalue weighted by molar-refractivity contribution is 0.838. The number of nitrogens with one attached hydrogen (secondary N) is 1. The van der Waals surface area contributed by atoms with Crippen LogP contribution in [0.2, 0.25) is 0 Å². The maximum atomic E-state index is 5.72. The number of nitrogens with two attached hydrogens (primary N) is 1. The summed E-state index contributed by atoms with van der Waals surface area (Å²) in [7, 11) is 0. The van der Waals surface area contributed by atoms with Crippen LogP contribution in [0, 0.1) is 3.57 Å². The zero-order valence-electron chi connectivity index (χ0n) is 9.52. The standard InChI is InChI=1S/C13H14IN3/c1-9(12-4-2-3-7-16-12)17-13-6-5-10(15)8-11(13)14/h2-9,17H,15H2,1H3. The summed E-state index contributed by atoms with van der Waals surface area (Å²) in [5.41, 5.74) is 8.62. The van der Waals surface area contributed by atoms with E-state index in [-0.39, 0.29) is 6.04 Å². The number of halogens is 1. The smallest absolute Gasteiger partial charge is 0.0657 e. The van der Waals surface area contributed by atoms with Gasteiger partial charge < -0.3 is 11.1 Å². The summed E-state index contributed by atoms with van der Waals surface area (Å²) in [5.74, 6) is 0. The van der Waals surface area contributed by atoms with Gasteiger partial charge in [-0.3, -0.25) is 4.98 Å². The molecule has 0 fully saturated rings.